The van der Waals surface area contributed by atoms with Crippen LogP contribution in [0.2, 0.25) is 0 Å². The molecule has 0 bridgehead atoms. The highest BCUT2D eigenvalue weighted by Crippen LogP contribution is 2.31. The summed E-state index contributed by atoms with van der Waals surface area (Å²) in [7, 11) is 0. The molecule has 0 saturated heterocycles. The smallest absolute Gasteiger partial charge is 0.267 e. The van der Waals surface area contributed by atoms with E-state index in [0.717, 1.165) is 6.07 Å². The van der Waals surface area contributed by atoms with Crippen LogP contribution in [0.4, 0.5) is 4.39 Å². The molecule has 21 heavy (non-hydrogen) atoms. The van der Waals surface area contributed by atoms with Crippen molar-refractivity contribution in [3.63, 3.8) is 0 Å². The molecule has 2 aromatic carbocycles. The number of para-hydroxylation sites is 1. The van der Waals surface area contributed by atoms with Gasteiger partial charge in [0.2, 0.25) is 0 Å². The number of carbonyl (C=O) groups excluding carboxylic acids is 1. The monoisotopic (exact) mass is 282 g/mol. The van der Waals surface area contributed by atoms with E-state index < -0.39 is 11.7 Å². The van der Waals surface area contributed by atoms with Gasteiger partial charge in [0.15, 0.2) is 0 Å². The molecule has 3 aromatic rings. The number of benzene rings is 2. The van der Waals surface area contributed by atoms with Gasteiger partial charge in [0.25, 0.3) is 5.91 Å². The Hall–Kier alpha value is -2.95. The lowest BCUT2D eigenvalue weighted by molar-refractivity contribution is 0.0996. The molecule has 1 heterocycles. The molecule has 0 aliphatic heterocycles. The van der Waals surface area contributed by atoms with Crippen molar-refractivity contribution in [1.29, 1.82) is 0 Å². The second-order valence-corrected chi connectivity index (χ2v) is 4.60. The molecule has 3 N–H and O–H groups in total. The SMILES string of the molecule is NC(=O)c1cc(-c2ccc(O)cc2F)c2ccccc2n1. The number of rotatable bonds is 2. The molecule has 104 valence electrons. The number of nitrogens with two attached hydrogens (primary N) is 1. The lowest BCUT2D eigenvalue weighted by Crippen LogP contribution is -2.13. The van der Waals surface area contributed by atoms with Gasteiger partial charge in [0, 0.05) is 17.0 Å². The molecule has 1 aromatic heterocycles. The van der Waals surface area contributed by atoms with Crippen LogP contribution in [0, 0.1) is 5.82 Å². The predicted octanol–water partition coefficient (Wildman–Crippen LogP) is 2.85. The number of pyridine rings is 1. The van der Waals surface area contributed by atoms with Gasteiger partial charge < -0.3 is 10.8 Å². The lowest BCUT2D eigenvalue weighted by atomic mass is 9.99. The Bertz CT molecular complexity index is 862. The average Bonchev–Trinajstić information content (AvgIpc) is 2.46. The first-order chi connectivity index (χ1) is 10.1. The van der Waals surface area contributed by atoms with Crippen LogP contribution in [0.15, 0.2) is 48.5 Å². The van der Waals surface area contributed by atoms with Crippen molar-refractivity contribution in [2.24, 2.45) is 5.73 Å². The molecule has 0 fully saturated rings. The maximum Gasteiger partial charge on any atom is 0.267 e. The van der Waals surface area contributed by atoms with Gasteiger partial charge in [0.1, 0.15) is 17.3 Å². The van der Waals surface area contributed by atoms with Gasteiger partial charge in [-0.2, -0.15) is 0 Å². The zero-order chi connectivity index (χ0) is 15.0. The van der Waals surface area contributed by atoms with E-state index in [-0.39, 0.29) is 17.0 Å². The number of aromatic hydroxyl groups is 1. The molecular weight excluding hydrogens is 271 g/mol. The number of hydrogen-bond donors (Lipinski definition) is 2. The highest BCUT2D eigenvalue weighted by atomic mass is 19.1. The number of phenolic OH excluding ortho intramolecular Hbond substituents is 1. The molecule has 0 aliphatic carbocycles. The van der Waals surface area contributed by atoms with E-state index in [1.807, 2.05) is 0 Å². The fourth-order valence-electron chi connectivity index (χ4n) is 2.25. The number of phenols is 1. The predicted molar refractivity (Wildman–Crippen MR) is 77.3 cm³/mol. The summed E-state index contributed by atoms with van der Waals surface area (Å²) in [6.45, 7) is 0. The molecule has 0 saturated carbocycles. The van der Waals surface area contributed by atoms with E-state index in [2.05, 4.69) is 4.98 Å². The minimum absolute atomic E-state index is 0.0659. The largest absolute Gasteiger partial charge is 0.508 e. The van der Waals surface area contributed by atoms with Crippen LogP contribution in [0.5, 0.6) is 5.75 Å². The van der Waals surface area contributed by atoms with Crippen LogP contribution >= 0.6 is 0 Å². The quantitative estimate of drug-likeness (QED) is 0.758. The number of fused-ring (bicyclic) bond motifs is 1. The number of aromatic nitrogens is 1. The van der Waals surface area contributed by atoms with Crippen molar-refractivity contribution >= 4 is 16.8 Å². The van der Waals surface area contributed by atoms with Crippen LogP contribution in [0.1, 0.15) is 10.5 Å². The Morgan fingerprint density at radius 2 is 1.86 bits per heavy atom. The molecule has 0 atom stereocenters. The summed E-state index contributed by atoms with van der Waals surface area (Å²) in [5, 5.41) is 10.0. The first-order valence-electron chi connectivity index (χ1n) is 6.25. The minimum Gasteiger partial charge on any atom is -0.508 e. The second-order valence-electron chi connectivity index (χ2n) is 4.60. The van der Waals surface area contributed by atoms with Gasteiger partial charge in [-0.1, -0.05) is 18.2 Å². The Morgan fingerprint density at radius 3 is 2.57 bits per heavy atom. The maximum absolute atomic E-state index is 14.1. The summed E-state index contributed by atoms with van der Waals surface area (Å²) in [6, 6.07) is 12.4. The van der Waals surface area contributed by atoms with Gasteiger partial charge in [-0.05, 0) is 29.8 Å². The van der Waals surface area contributed by atoms with E-state index in [9.17, 15) is 14.3 Å². The summed E-state index contributed by atoms with van der Waals surface area (Å²) in [4.78, 5) is 15.6. The topological polar surface area (TPSA) is 76.2 Å². The molecule has 4 nitrogen and oxygen atoms in total. The number of primary amides is 1. The van der Waals surface area contributed by atoms with Crippen LogP contribution < -0.4 is 5.73 Å². The maximum atomic E-state index is 14.1. The summed E-state index contributed by atoms with van der Waals surface area (Å²) in [6.07, 6.45) is 0. The molecule has 5 heteroatoms. The number of carbonyl (C=O) groups is 1. The van der Waals surface area contributed by atoms with Crippen molar-refractivity contribution in [1.82, 2.24) is 4.98 Å². The van der Waals surface area contributed by atoms with Crippen molar-refractivity contribution < 1.29 is 14.3 Å². The van der Waals surface area contributed by atoms with E-state index in [1.165, 1.54) is 18.2 Å². The van der Waals surface area contributed by atoms with Crippen LogP contribution in [0.3, 0.4) is 0 Å². The normalized spacial score (nSPS) is 10.7. The Kier molecular flexibility index (Phi) is 3.02. The van der Waals surface area contributed by atoms with E-state index in [1.54, 1.807) is 24.3 Å². The molecule has 0 spiro atoms. The second kappa shape index (κ2) is 4.86. The fraction of sp³-hybridized carbons (Fsp3) is 0. The van der Waals surface area contributed by atoms with Crippen LogP contribution in [0.25, 0.3) is 22.0 Å². The zero-order valence-corrected chi connectivity index (χ0v) is 10.9. The van der Waals surface area contributed by atoms with Gasteiger partial charge >= 0.3 is 0 Å². The molecule has 0 aliphatic rings. The van der Waals surface area contributed by atoms with E-state index in [0.29, 0.717) is 16.5 Å². The third kappa shape index (κ3) is 2.29. The number of amides is 1. The lowest BCUT2D eigenvalue weighted by Gasteiger charge is -2.09. The third-order valence-corrected chi connectivity index (χ3v) is 3.21. The Labute approximate surface area is 119 Å². The first kappa shape index (κ1) is 13.1. The van der Waals surface area contributed by atoms with Gasteiger partial charge in [-0.15, -0.1) is 0 Å². The highest BCUT2D eigenvalue weighted by Gasteiger charge is 2.14. The number of nitrogens with zero attached hydrogens (tertiary/aromatic N) is 1. The van der Waals surface area contributed by atoms with Gasteiger partial charge in [-0.25, -0.2) is 9.37 Å². The van der Waals surface area contributed by atoms with Crippen molar-refractivity contribution in [3.8, 4) is 16.9 Å². The fourth-order valence-corrected chi connectivity index (χ4v) is 2.25. The summed E-state index contributed by atoms with van der Waals surface area (Å²) in [5.41, 5.74) is 6.68. The first-order valence-corrected chi connectivity index (χ1v) is 6.25. The molecular formula is C16H11FN2O2. The highest BCUT2D eigenvalue weighted by molar-refractivity contribution is 6.00. The standard InChI is InChI=1S/C16H11FN2O2/c17-13-7-9(20)5-6-10(13)12-8-15(16(18)21)19-14-4-2-1-3-11(12)14/h1-8,20H,(H2,18,21). The van der Waals surface area contributed by atoms with Gasteiger partial charge in [-0.3, -0.25) is 4.79 Å². The molecule has 0 unspecified atom stereocenters. The third-order valence-electron chi connectivity index (χ3n) is 3.21. The molecule has 1 amide bonds. The minimum atomic E-state index is -0.679. The van der Waals surface area contributed by atoms with Crippen molar-refractivity contribution in [3.05, 3.63) is 60.0 Å². The van der Waals surface area contributed by atoms with Crippen molar-refractivity contribution in [2.45, 2.75) is 0 Å². The van der Waals surface area contributed by atoms with Crippen LogP contribution in [-0.4, -0.2) is 16.0 Å². The average molecular weight is 282 g/mol. The molecule has 0 radical (unpaired) electrons. The number of hydrogen-bond acceptors (Lipinski definition) is 3. The summed E-state index contributed by atoms with van der Waals surface area (Å²) in [5.74, 6) is -1.42. The van der Waals surface area contributed by atoms with Crippen LogP contribution in [-0.2, 0) is 0 Å². The molecule has 3 rings (SSSR count). The van der Waals surface area contributed by atoms with E-state index >= 15 is 0 Å². The van der Waals surface area contributed by atoms with Crippen molar-refractivity contribution in [2.75, 3.05) is 0 Å². The Balaban J connectivity index is 2.37. The zero-order valence-electron chi connectivity index (χ0n) is 10.9. The summed E-state index contributed by atoms with van der Waals surface area (Å²) < 4.78 is 14.1. The number of halogens is 1. The Morgan fingerprint density at radius 1 is 1.10 bits per heavy atom. The summed E-state index contributed by atoms with van der Waals surface area (Å²) >= 11 is 0. The van der Waals surface area contributed by atoms with E-state index in [4.69, 9.17) is 5.73 Å². The van der Waals surface area contributed by atoms with Gasteiger partial charge in [0.05, 0.1) is 5.52 Å².